The van der Waals surface area contributed by atoms with Crippen LogP contribution in [0.15, 0.2) is 18.2 Å². The summed E-state index contributed by atoms with van der Waals surface area (Å²) in [5.74, 6) is 0.198. The van der Waals surface area contributed by atoms with Gasteiger partial charge in [-0.2, -0.15) is 8.78 Å². The molecule has 7 heteroatoms. The smallest absolute Gasteiger partial charge is 0.387 e. The molecule has 5 nitrogen and oxygen atoms in total. The normalized spacial score (nSPS) is 20.4. The van der Waals surface area contributed by atoms with Crippen molar-refractivity contribution in [3.05, 3.63) is 23.8 Å². The van der Waals surface area contributed by atoms with Crippen molar-refractivity contribution in [3.8, 4) is 11.5 Å². The van der Waals surface area contributed by atoms with E-state index in [0.717, 1.165) is 25.7 Å². The van der Waals surface area contributed by atoms with Crippen LogP contribution in [0.2, 0.25) is 0 Å². The molecule has 25 heavy (non-hydrogen) atoms. The highest BCUT2D eigenvalue weighted by Crippen LogP contribution is 2.33. The monoisotopic (exact) mass is 357 g/mol. The van der Waals surface area contributed by atoms with Crippen LogP contribution in [-0.4, -0.2) is 32.3 Å². The average Bonchev–Trinajstić information content (AvgIpc) is 2.61. The van der Waals surface area contributed by atoms with Gasteiger partial charge in [-0.3, -0.25) is 4.79 Å². The molecular formula is C18H25F2NO4. The van der Waals surface area contributed by atoms with E-state index in [1.165, 1.54) is 7.11 Å². The predicted molar refractivity (Wildman–Crippen MR) is 88.8 cm³/mol. The lowest BCUT2D eigenvalue weighted by Crippen LogP contribution is -2.35. The summed E-state index contributed by atoms with van der Waals surface area (Å²) >= 11 is 0. The Morgan fingerprint density at radius 3 is 2.60 bits per heavy atom. The van der Waals surface area contributed by atoms with Crippen LogP contribution in [0.5, 0.6) is 11.5 Å². The number of rotatable bonds is 8. The van der Waals surface area contributed by atoms with Crippen molar-refractivity contribution in [2.24, 2.45) is 5.92 Å². The Hall–Kier alpha value is -1.89. The van der Waals surface area contributed by atoms with E-state index in [1.54, 1.807) is 25.1 Å². The topological polar surface area (TPSA) is 56.8 Å². The van der Waals surface area contributed by atoms with Gasteiger partial charge >= 0.3 is 12.6 Å². The van der Waals surface area contributed by atoms with Crippen LogP contribution in [-0.2, 0) is 16.1 Å². The maximum absolute atomic E-state index is 12.7. The molecule has 0 atom stereocenters. The fourth-order valence-electron chi connectivity index (χ4n) is 3.15. The van der Waals surface area contributed by atoms with E-state index < -0.39 is 6.61 Å². The Bertz CT molecular complexity index is 560. The summed E-state index contributed by atoms with van der Waals surface area (Å²) in [5.41, 5.74) is 0.626. The van der Waals surface area contributed by atoms with E-state index >= 15 is 0 Å². The molecule has 1 aromatic carbocycles. The minimum Gasteiger partial charge on any atom is -0.490 e. The zero-order chi connectivity index (χ0) is 18.2. The molecule has 0 saturated heterocycles. The lowest BCUT2D eigenvalue weighted by Gasteiger charge is -2.28. The summed E-state index contributed by atoms with van der Waals surface area (Å²) in [4.78, 5) is 11.6. The van der Waals surface area contributed by atoms with Gasteiger partial charge in [0.15, 0.2) is 11.5 Å². The summed E-state index contributed by atoms with van der Waals surface area (Å²) in [5, 5.41) is 3.37. The van der Waals surface area contributed by atoms with E-state index in [9.17, 15) is 13.6 Å². The van der Waals surface area contributed by atoms with Crippen molar-refractivity contribution >= 4 is 5.97 Å². The van der Waals surface area contributed by atoms with Crippen molar-refractivity contribution in [1.29, 1.82) is 0 Å². The fourth-order valence-corrected chi connectivity index (χ4v) is 3.15. The zero-order valence-electron chi connectivity index (χ0n) is 14.6. The molecule has 1 aromatic rings. The first-order valence-corrected chi connectivity index (χ1v) is 8.55. The highest BCUT2D eigenvalue weighted by Gasteiger charge is 2.27. The van der Waals surface area contributed by atoms with Crippen molar-refractivity contribution in [1.82, 2.24) is 5.32 Å². The summed E-state index contributed by atoms with van der Waals surface area (Å²) < 4.78 is 40.3. The fraction of sp³-hybridized carbons (Fsp3) is 0.611. The molecule has 0 radical (unpaired) electrons. The van der Waals surface area contributed by atoms with Gasteiger partial charge in [0.05, 0.1) is 19.6 Å². The number of ether oxygens (including phenoxy) is 3. The first-order chi connectivity index (χ1) is 12.0. The van der Waals surface area contributed by atoms with Gasteiger partial charge in [0, 0.05) is 18.2 Å². The summed E-state index contributed by atoms with van der Waals surface area (Å²) in [6, 6.07) is 5.35. The molecule has 1 N–H and O–H groups in total. The van der Waals surface area contributed by atoms with Crippen molar-refractivity contribution in [2.45, 2.75) is 51.8 Å². The van der Waals surface area contributed by atoms with Crippen LogP contribution >= 0.6 is 0 Å². The molecule has 1 aliphatic carbocycles. The second-order valence-corrected chi connectivity index (χ2v) is 6.01. The Morgan fingerprint density at radius 2 is 2.00 bits per heavy atom. The lowest BCUT2D eigenvalue weighted by molar-refractivity contribution is -0.146. The summed E-state index contributed by atoms with van der Waals surface area (Å²) in [6.07, 6.45) is 3.22. The molecule has 140 valence electrons. The van der Waals surface area contributed by atoms with E-state index in [0.29, 0.717) is 24.5 Å². The zero-order valence-corrected chi connectivity index (χ0v) is 14.6. The minimum absolute atomic E-state index is 0.0398. The molecule has 0 aliphatic heterocycles. The van der Waals surface area contributed by atoms with E-state index in [2.05, 4.69) is 10.1 Å². The largest absolute Gasteiger partial charge is 0.490 e. The van der Waals surface area contributed by atoms with E-state index in [4.69, 9.17) is 9.47 Å². The van der Waals surface area contributed by atoms with Gasteiger partial charge in [-0.05, 0) is 38.7 Å². The van der Waals surface area contributed by atoms with E-state index in [-0.39, 0.29) is 23.7 Å². The van der Waals surface area contributed by atoms with Crippen LogP contribution in [0.3, 0.4) is 0 Å². The third-order valence-electron chi connectivity index (χ3n) is 4.41. The maximum Gasteiger partial charge on any atom is 0.387 e. The van der Waals surface area contributed by atoms with Gasteiger partial charge in [0.2, 0.25) is 0 Å². The number of halogens is 2. The Morgan fingerprint density at radius 1 is 1.28 bits per heavy atom. The van der Waals surface area contributed by atoms with Crippen LogP contribution in [0.1, 0.15) is 38.2 Å². The first-order valence-electron chi connectivity index (χ1n) is 8.55. The van der Waals surface area contributed by atoms with Crippen LogP contribution in [0.4, 0.5) is 8.78 Å². The highest BCUT2D eigenvalue weighted by atomic mass is 19.3. The third kappa shape index (κ3) is 5.56. The number of nitrogens with one attached hydrogen (secondary N) is 1. The average molecular weight is 357 g/mol. The van der Waals surface area contributed by atoms with Gasteiger partial charge in [-0.15, -0.1) is 0 Å². The first kappa shape index (κ1) is 19.4. The number of carbonyl (C=O) groups excluding carboxylic acids is 1. The SMILES string of the molecule is CCOc1cccc(CNC2CCC(C(=O)OC)CC2)c1OC(F)F. The van der Waals surface area contributed by atoms with Crippen molar-refractivity contribution in [2.75, 3.05) is 13.7 Å². The Kier molecular flexibility index (Phi) is 7.43. The molecule has 0 aromatic heterocycles. The molecule has 0 spiro atoms. The molecule has 0 heterocycles. The van der Waals surface area contributed by atoms with Gasteiger partial charge in [0.1, 0.15) is 0 Å². The Labute approximate surface area is 146 Å². The minimum atomic E-state index is -2.91. The summed E-state index contributed by atoms with van der Waals surface area (Å²) in [7, 11) is 1.41. The Balaban J connectivity index is 1.96. The number of hydrogen-bond acceptors (Lipinski definition) is 5. The predicted octanol–water partition coefficient (Wildman–Crippen LogP) is 3.51. The molecule has 1 fully saturated rings. The number of methoxy groups -OCH3 is 1. The number of para-hydroxylation sites is 1. The molecule has 1 saturated carbocycles. The quantitative estimate of drug-likeness (QED) is 0.722. The highest BCUT2D eigenvalue weighted by molar-refractivity contribution is 5.72. The van der Waals surface area contributed by atoms with Gasteiger partial charge in [-0.25, -0.2) is 0 Å². The van der Waals surface area contributed by atoms with Gasteiger partial charge in [-0.1, -0.05) is 12.1 Å². The van der Waals surface area contributed by atoms with Gasteiger partial charge < -0.3 is 19.5 Å². The second kappa shape index (κ2) is 9.56. The third-order valence-corrected chi connectivity index (χ3v) is 4.41. The van der Waals surface area contributed by atoms with Crippen molar-refractivity contribution in [3.63, 3.8) is 0 Å². The molecule has 0 unspecified atom stereocenters. The molecule has 0 bridgehead atoms. The number of hydrogen-bond donors (Lipinski definition) is 1. The van der Waals surface area contributed by atoms with Crippen LogP contribution < -0.4 is 14.8 Å². The molecule has 1 aliphatic rings. The molecule has 2 rings (SSSR count). The number of alkyl halides is 2. The molecular weight excluding hydrogens is 332 g/mol. The number of esters is 1. The maximum atomic E-state index is 12.7. The van der Waals surface area contributed by atoms with Gasteiger partial charge in [0.25, 0.3) is 0 Å². The number of carbonyl (C=O) groups is 1. The van der Waals surface area contributed by atoms with Crippen LogP contribution in [0.25, 0.3) is 0 Å². The number of benzene rings is 1. The van der Waals surface area contributed by atoms with Crippen LogP contribution in [0, 0.1) is 5.92 Å². The van der Waals surface area contributed by atoms with E-state index in [1.807, 2.05) is 0 Å². The summed E-state index contributed by atoms with van der Waals surface area (Å²) in [6.45, 7) is -0.350. The lowest BCUT2D eigenvalue weighted by atomic mass is 9.86. The second-order valence-electron chi connectivity index (χ2n) is 6.01. The van der Waals surface area contributed by atoms with Crippen molar-refractivity contribution < 1.29 is 27.8 Å². The standard InChI is InChI=1S/C18H25F2NO4/c1-3-24-15-6-4-5-13(16(15)25-18(19)20)11-21-14-9-7-12(8-10-14)17(22)23-2/h4-6,12,14,18,21H,3,7-11H2,1-2H3. The molecule has 0 amide bonds.